The average molecular weight is 271 g/mol. The summed E-state index contributed by atoms with van der Waals surface area (Å²) in [5.41, 5.74) is 1.53. The van der Waals surface area contributed by atoms with Crippen molar-refractivity contribution in [2.24, 2.45) is 5.92 Å². The largest absolute Gasteiger partial charge is 0.487 e. The normalized spacial score (nSPS) is 32.6. The highest BCUT2D eigenvalue weighted by molar-refractivity contribution is 5.49. The van der Waals surface area contributed by atoms with E-state index in [0.29, 0.717) is 0 Å². The molecule has 2 nitrogen and oxygen atoms in total. The van der Waals surface area contributed by atoms with E-state index in [0.717, 1.165) is 11.7 Å². The third kappa shape index (κ3) is 2.30. The summed E-state index contributed by atoms with van der Waals surface area (Å²) < 4.78 is 6.43. The van der Waals surface area contributed by atoms with Crippen LogP contribution >= 0.6 is 0 Å². The molecule has 1 aliphatic heterocycles. The van der Waals surface area contributed by atoms with Gasteiger partial charge in [-0.2, -0.15) is 0 Å². The van der Waals surface area contributed by atoms with Crippen LogP contribution < -0.4 is 9.64 Å². The third-order valence-corrected chi connectivity index (χ3v) is 5.67. The Morgan fingerprint density at radius 3 is 2.10 bits per heavy atom. The second-order valence-corrected chi connectivity index (χ2v) is 6.96. The Bertz CT molecular complexity index is 439. The highest BCUT2D eigenvalue weighted by Crippen LogP contribution is 2.46. The number of hydrogen-bond acceptors (Lipinski definition) is 2. The van der Waals surface area contributed by atoms with Crippen LogP contribution in [0.25, 0.3) is 0 Å². The van der Waals surface area contributed by atoms with Gasteiger partial charge in [-0.1, -0.05) is 0 Å². The van der Waals surface area contributed by atoms with Crippen molar-refractivity contribution in [1.82, 2.24) is 0 Å². The SMILES string of the molecule is c1cc(N2CCCC2)ccc1OC12CCC(CC1)CC2. The zero-order valence-electron chi connectivity index (χ0n) is 12.3. The zero-order chi connectivity index (χ0) is 13.4. The fraction of sp³-hybridized carbons (Fsp3) is 0.667. The summed E-state index contributed by atoms with van der Waals surface area (Å²) in [5.74, 6) is 2.08. The van der Waals surface area contributed by atoms with Gasteiger partial charge in [-0.05, 0) is 81.5 Å². The molecule has 2 bridgehead atoms. The molecule has 1 aromatic rings. The van der Waals surface area contributed by atoms with Gasteiger partial charge in [0.1, 0.15) is 11.4 Å². The highest BCUT2D eigenvalue weighted by Gasteiger charge is 2.42. The van der Waals surface area contributed by atoms with E-state index in [-0.39, 0.29) is 5.60 Å². The van der Waals surface area contributed by atoms with Crippen LogP contribution in [0.5, 0.6) is 5.75 Å². The van der Waals surface area contributed by atoms with Crippen molar-refractivity contribution in [3.63, 3.8) is 0 Å². The fourth-order valence-corrected chi connectivity index (χ4v) is 4.31. The molecule has 4 fully saturated rings. The van der Waals surface area contributed by atoms with E-state index in [1.807, 2.05) is 0 Å². The van der Waals surface area contributed by atoms with Crippen molar-refractivity contribution in [2.75, 3.05) is 18.0 Å². The minimum absolute atomic E-state index is 0.171. The van der Waals surface area contributed by atoms with Crippen LogP contribution in [0, 0.1) is 5.92 Å². The predicted molar refractivity (Wildman–Crippen MR) is 82.4 cm³/mol. The average Bonchev–Trinajstić information content (AvgIpc) is 3.04. The first kappa shape index (κ1) is 12.6. The molecule has 0 N–H and O–H groups in total. The maximum Gasteiger partial charge on any atom is 0.120 e. The number of nitrogens with zero attached hydrogens (tertiary/aromatic N) is 1. The summed E-state index contributed by atoms with van der Waals surface area (Å²) >= 11 is 0. The smallest absolute Gasteiger partial charge is 0.120 e. The lowest BCUT2D eigenvalue weighted by atomic mass is 9.68. The highest BCUT2D eigenvalue weighted by atomic mass is 16.5. The first-order valence-corrected chi connectivity index (χ1v) is 8.37. The van der Waals surface area contributed by atoms with Gasteiger partial charge >= 0.3 is 0 Å². The van der Waals surface area contributed by atoms with Crippen LogP contribution in [0.15, 0.2) is 24.3 Å². The standard InChI is InChI=1S/C18H25NO/c1-2-14-19(13-1)16-3-5-17(6-4-16)20-18-10-7-15(8-11-18)9-12-18/h3-6,15H,1-2,7-14H2. The summed E-state index contributed by atoms with van der Waals surface area (Å²) in [6, 6.07) is 8.85. The predicted octanol–water partition coefficient (Wildman–Crippen LogP) is 4.39. The molecule has 0 amide bonds. The molecule has 0 spiro atoms. The van der Waals surface area contributed by atoms with Crippen molar-refractivity contribution in [2.45, 2.75) is 57.0 Å². The lowest BCUT2D eigenvalue weighted by Crippen LogP contribution is -2.44. The van der Waals surface area contributed by atoms with Crippen molar-refractivity contribution in [3.8, 4) is 5.75 Å². The summed E-state index contributed by atoms with van der Waals surface area (Å²) in [6.45, 7) is 2.43. The fourth-order valence-electron chi connectivity index (χ4n) is 4.31. The molecule has 0 aromatic heterocycles. The molecule has 3 saturated carbocycles. The Labute approximate surface area is 122 Å². The van der Waals surface area contributed by atoms with Crippen LogP contribution in [-0.4, -0.2) is 18.7 Å². The van der Waals surface area contributed by atoms with Crippen LogP contribution in [0.1, 0.15) is 51.4 Å². The lowest BCUT2D eigenvalue weighted by molar-refractivity contribution is -0.0323. The minimum Gasteiger partial charge on any atom is -0.487 e. The number of rotatable bonds is 3. The van der Waals surface area contributed by atoms with E-state index in [1.54, 1.807) is 0 Å². The van der Waals surface area contributed by atoms with Crippen LogP contribution in [-0.2, 0) is 0 Å². The van der Waals surface area contributed by atoms with Gasteiger partial charge in [0.15, 0.2) is 0 Å². The topological polar surface area (TPSA) is 12.5 Å². The molecule has 1 saturated heterocycles. The molecule has 2 heteroatoms. The first-order chi connectivity index (χ1) is 9.83. The van der Waals surface area contributed by atoms with E-state index < -0.39 is 0 Å². The Hall–Kier alpha value is -1.18. The summed E-state index contributed by atoms with van der Waals surface area (Å²) in [5, 5.41) is 0. The molecule has 3 aliphatic carbocycles. The molecule has 1 heterocycles. The first-order valence-electron chi connectivity index (χ1n) is 8.37. The van der Waals surface area contributed by atoms with Gasteiger partial charge in [0.05, 0.1) is 0 Å². The number of ether oxygens (including phenoxy) is 1. The van der Waals surface area contributed by atoms with E-state index >= 15 is 0 Å². The van der Waals surface area contributed by atoms with Crippen molar-refractivity contribution >= 4 is 5.69 Å². The Morgan fingerprint density at radius 2 is 1.50 bits per heavy atom. The quantitative estimate of drug-likeness (QED) is 0.808. The molecule has 0 radical (unpaired) electrons. The van der Waals surface area contributed by atoms with Crippen molar-refractivity contribution in [1.29, 1.82) is 0 Å². The summed E-state index contributed by atoms with van der Waals surface area (Å²) in [6.07, 6.45) is 10.6. The molecule has 4 aliphatic rings. The Balaban J connectivity index is 1.46. The second-order valence-electron chi connectivity index (χ2n) is 6.96. The molecule has 20 heavy (non-hydrogen) atoms. The number of fused-ring (bicyclic) bond motifs is 3. The Kier molecular flexibility index (Phi) is 3.13. The van der Waals surface area contributed by atoms with Gasteiger partial charge in [-0.3, -0.25) is 0 Å². The molecular weight excluding hydrogens is 246 g/mol. The number of benzene rings is 1. The maximum atomic E-state index is 6.43. The molecule has 108 valence electrons. The van der Waals surface area contributed by atoms with E-state index in [9.17, 15) is 0 Å². The minimum atomic E-state index is 0.171. The second kappa shape index (κ2) is 4.98. The molecule has 5 rings (SSSR count). The van der Waals surface area contributed by atoms with E-state index in [1.165, 1.54) is 70.1 Å². The van der Waals surface area contributed by atoms with Crippen LogP contribution in [0.2, 0.25) is 0 Å². The van der Waals surface area contributed by atoms with Crippen molar-refractivity contribution < 1.29 is 4.74 Å². The molecule has 1 aromatic carbocycles. The van der Waals surface area contributed by atoms with Gasteiger partial charge in [-0.15, -0.1) is 0 Å². The van der Waals surface area contributed by atoms with Gasteiger partial charge in [0.25, 0.3) is 0 Å². The molecule has 0 unspecified atom stereocenters. The van der Waals surface area contributed by atoms with Crippen LogP contribution in [0.4, 0.5) is 5.69 Å². The lowest BCUT2D eigenvalue weighted by Gasteiger charge is -2.46. The maximum absolute atomic E-state index is 6.43. The van der Waals surface area contributed by atoms with Gasteiger partial charge in [-0.25, -0.2) is 0 Å². The zero-order valence-corrected chi connectivity index (χ0v) is 12.3. The number of anilines is 1. The van der Waals surface area contributed by atoms with Gasteiger partial charge in [0.2, 0.25) is 0 Å². The summed E-state index contributed by atoms with van der Waals surface area (Å²) in [4.78, 5) is 2.48. The third-order valence-electron chi connectivity index (χ3n) is 5.67. The van der Waals surface area contributed by atoms with E-state index in [4.69, 9.17) is 4.74 Å². The van der Waals surface area contributed by atoms with Gasteiger partial charge in [0, 0.05) is 18.8 Å². The Morgan fingerprint density at radius 1 is 0.900 bits per heavy atom. The van der Waals surface area contributed by atoms with Crippen LogP contribution in [0.3, 0.4) is 0 Å². The molecule has 0 atom stereocenters. The summed E-state index contributed by atoms with van der Waals surface area (Å²) in [7, 11) is 0. The van der Waals surface area contributed by atoms with E-state index in [2.05, 4.69) is 29.2 Å². The molecular formula is C18H25NO. The van der Waals surface area contributed by atoms with Crippen molar-refractivity contribution in [3.05, 3.63) is 24.3 Å². The number of hydrogen-bond donors (Lipinski definition) is 0. The van der Waals surface area contributed by atoms with Gasteiger partial charge < -0.3 is 9.64 Å². The monoisotopic (exact) mass is 271 g/mol.